The number of aromatic nitrogens is 3. The van der Waals surface area contributed by atoms with Crippen LogP contribution in [0.5, 0.6) is 5.88 Å². The van der Waals surface area contributed by atoms with Crippen molar-refractivity contribution < 1.29 is 9.84 Å². The van der Waals surface area contributed by atoms with Crippen molar-refractivity contribution in [2.24, 2.45) is 0 Å². The fourth-order valence-corrected chi connectivity index (χ4v) is 3.41. The molecule has 0 bridgehead atoms. The Morgan fingerprint density at radius 3 is 2.93 bits per heavy atom. The lowest BCUT2D eigenvalue weighted by molar-refractivity contribution is 0.219. The van der Waals surface area contributed by atoms with Gasteiger partial charge in [0.2, 0.25) is 11.8 Å². The number of hydrogen-bond acceptors (Lipinski definition) is 8. The quantitative estimate of drug-likeness (QED) is 0.611. The number of rotatable bonds is 5. The number of nitrogens with one attached hydrogen (secondary N) is 2. The van der Waals surface area contributed by atoms with Crippen LogP contribution in [-0.4, -0.2) is 40.3 Å². The first kappa shape index (κ1) is 18.7. The number of ether oxygens (including phenoxy) is 1. The molecule has 1 atom stereocenters. The summed E-state index contributed by atoms with van der Waals surface area (Å²) in [5, 5.41) is 25.8. The number of methoxy groups -OCH3 is 1. The van der Waals surface area contributed by atoms with Crippen molar-refractivity contribution in [3.8, 4) is 23.2 Å². The van der Waals surface area contributed by atoms with E-state index in [4.69, 9.17) is 4.74 Å². The number of nitrogens with zero attached hydrogens (tertiary/aromatic N) is 4. The Morgan fingerprint density at radius 2 is 2.17 bits per heavy atom. The smallest absolute Gasteiger partial charge is 0.237 e. The van der Waals surface area contributed by atoms with E-state index in [0.29, 0.717) is 35.3 Å². The van der Waals surface area contributed by atoms with Crippen molar-refractivity contribution in [2.45, 2.75) is 12.3 Å². The predicted octanol–water partition coefficient (Wildman–Crippen LogP) is 2.84. The molecule has 0 radical (unpaired) electrons. The van der Waals surface area contributed by atoms with Crippen LogP contribution in [0.2, 0.25) is 0 Å². The van der Waals surface area contributed by atoms with E-state index in [2.05, 4.69) is 31.7 Å². The van der Waals surface area contributed by atoms with Crippen LogP contribution in [0.25, 0.3) is 11.3 Å². The van der Waals surface area contributed by atoms with Gasteiger partial charge in [0.1, 0.15) is 11.8 Å². The molecule has 3 heterocycles. The Balaban J connectivity index is 1.74. The molecule has 0 aliphatic carbocycles. The van der Waals surface area contributed by atoms with Gasteiger partial charge in [-0.2, -0.15) is 5.26 Å². The summed E-state index contributed by atoms with van der Waals surface area (Å²) < 4.78 is 5.25. The third-order valence-electron chi connectivity index (χ3n) is 5.08. The summed E-state index contributed by atoms with van der Waals surface area (Å²) >= 11 is 0. The minimum atomic E-state index is -0.450. The molecule has 0 unspecified atom stereocenters. The summed E-state index contributed by atoms with van der Waals surface area (Å²) in [4.78, 5) is 13.0. The zero-order valence-corrected chi connectivity index (χ0v) is 16.1. The molecule has 0 saturated heterocycles. The Labute approximate surface area is 168 Å². The molecule has 146 valence electrons. The summed E-state index contributed by atoms with van der Waals surface area (Å²) in [5.41, 5.74) is 3.86. The molecule has 0 saturated carbocycles. The SMILES string of the molecule is COc1ncccc1Nc1nccc(-c2cc(C#N)c3c(c2)[C@](C)(CO)CN3)n1. The van der Waals surface area contributed by atoms with Gasteiger partial charge in [-0.3, -0.25) is 0 Å². The molecule has 1 aliphatic rings. The maximum absolute atomic E-state index is 9.88. The number of anilines is 3. The summed E-state index contributed by atoms with van der Waals surface area (Å²) in [6, 6.07) is 11.4. The first-order valence-electron chi connectivity index (χ1n) is 9.11. The van der Waals surface area contributed by atoms with Crippen LogP contribution >= 0.6 is 0 Å². The summed E-state index contributed by atoms with van der Waals surface area (Å²) in [6.07, 6.45) is 3.29. The van der Waals surface area contributed by atoms with E-state index in [-0.39, 0.29) is 6.61 Å². The minimum absolute atomic E-state index is 0.0152. The van der Waals surface area contributed by atoms with Crippen molar-refractivity contribution >= 4 is 17.3 Å². The van der Waals surface area contributed by atoms with E-state index >= 15 is 0 Å². The summed E-state index contributed by atoms with van der Waals surface area (Å²) in [5.74, 6) is 0.825. The van der Waals surface area contributed by atoms with Crippen LogP contribution in [-0.2, 0) is 5.41 Å². The normalized spacial score (nSPS) is 17.2. The van der Waals surface area contributed by atoms with Crippen molar-refractivity contribution in [1.82, 2.24) is 15.0 Å². The van der Waals surface area contributed by atoms with E-state index in [1.807, 2.05) is 19.1 Å². The standard InChI is InChI=1S/C21H20N6O2/c1-21(12-28)11-25-18-14(10-22)8-13(9-15(18)21)16-5-7-24-20(26-16)27-17-4-3-6-23-19(17)29-2/h3-9,25,28H,11-12H2,1-2H3,(H,24,26,27)/t21-/m0/s1. The van der Waals surface area contributed by atoms with Crippen LogP contribution in [0, 0.1) is 11.3 Å². The van der Waals surface area contributed by atoms with E-state index in [1.54, 1.807) is 37.7 Å². The predicted molar refractivity (Wildman–Crippen MR) is 109 cm³/mol. The highest BCUT2D eigenvalue weighted by Gasteiger charge is 2.35. The molecule has 8 heteroatoms. The molecule has 4 rings (SSSR count). The second-order valence-electron chi connectivity index (χ2n) is 7.08. The molecule has 0 amide bonds. The lowest BCUT2D eigenvalue weighted by Gasteiger charge is -2.21. The molecule has 0 fully saturated rings. The Bertz CT molecular complexity index is 1110. The van der Waals surface area contributed by atoms with E-state index < -0.39 is 5.41 Å². The van der Waals surface area contributed by atoms with Crippen LogP contribution in [0.1, 0.15) is 18.1 Å². The maximum atomic E-state index is 9.88. The lowest BCUT2D eigenvalue weighted by Crippen LogP contribution is -2.28. The molecule has 1 aromatic carbocycles. The van der Waals surface area contributed by atoms with Gasteiger partial charge < -0.3 is 20.5 Å². The van der Waals surface area contributed by atoms with E-state index in [0.717, 1.165) is 16.8 Å². The van der Waals surface area contributed by atoms with E-state index in [9.17, 15) is 10.4 Å². The van der Waals surface area contributed by atoms with E-state index in [1.165, 1.54) is 0 Å². The zero-order valence-electron chi connectivity index (χ0n) is 16.1. The third-order valence-corrected chi connectivity index (χ3v) is 5.08. The van der Waals surface area contributed by atoms with Crippen LogP contribution in [0.4, 0.5) is 17.3 Å². The monoisotopic (exact) mass is 388 g/mol. The van der Waals surface area contributed by atoms with Crippen LogP contribution in [0.15, 0.2) is 42.7 Å². The van der Waals surface area contributed by atoms with Crippen molar-refractivity contribution in [2.75, 3.05) is 30.9 Å². The van der Waals surface area contributed by atoms with Crippen molar-refractivity contribution in [3.63, 3.8) is 0 Å². The van der Waals surface area contributed by atoms with Gasteiger partial charge in [0.25, 0.3) is 0 Å². The molecule has 8 nitrogen and oxygen atoms in total. The molecule has 1 aliphatic heterocycles. The Kier molecular flexibility index (Phi) is 4.74. The Morgan fingerprint density at radius 1 is 1.31 bits per heavy atom. The third kappa shape index (κ3) is 3.32. The molecule has 29 heavy (non-hydrogen) atoms. The number of nitriles is 1. The fraction of sp³-hybridized carbons (Fsp3) is 0.238. The van der Waals surface area contributed by atoms with Gasteiger partial charge in [-0.25, -0.2) is 15.0 Å². The Hall–Kier alpha value is -3.70. The molecule has 3 N–H and O–H groups in total. The maximum Gasteiger partial charge on any atom is 0.237 e. The molecular formula is C21H20N6O2. The van der Waals surface area contributed by atoms with Gasteiger partial charge in [-0.05, 0) is 35.9 Å². The van der Waals surface area contributed by atoms with Gasteiger partial charge in [0.15, 0.2) is 0 Å². The number of aliphatic hydroxyl groups is 1. The first-order chi connectivity index (χ1) is 14.1. The molecular weight excluding hydrogens is 368 g/mol. The number of hydrogen-bond donors (Lipinski definition) is 3. The largest absolute Gasteiger partial charge is 0.480 e. The van der Waals surface area contributed by atoms with Crippen LogP contribution < -0.4 is 15.4 Å². The molecule has 3 aromatic rings. The highest BCUT2D eigenvalue weighted by atomic mass is 16.5. The van der Waals surface area contributed by atoms with Gasteiger partial charge in [-0.1, -0.05) is 6.92 Å². The van der Waals surface area contributed by atoms with Gasteiger partial charge in [0, 0.05) is 29.9 Å². The molecule has 0 spiro atoms. The second kappa shape index (κ2) is 7.37. The summed E-state index contributed by atoms with van der Waals surface area (Å²) in [6.45, 7) is 2.53. The number of fused-ring (bicyclic) bond motifs is 1. The minimum Gasteiger partial charge on any atom is -0.480 e. The average molecular weight is 388 g/mol. The number of aliphatic hydroxyl groups excluding tert-OH is 1. The summed E-state index contributed by atoms with van der Waals surface area (Å²) in [7, 11) is 1.55. The second-order valence-corrected chi connectivity index (χ2v) is 7.08. The van der Waals surface area contributed by atoms with Crippen LogP contribution in [0.3, 0.4) is 0 Å². The average Bonchev–Trinajstić information content (AvgIpc) is 3.11. The fourth-order valence-electron chi connectivity index (χ4n) is 3.41. The zero-order chi connectivity index (χ0) is 20.4. The van der Waals surface area contributed by atoms with Gasteiger partial charge >= 0.3 is 0 Å². The van der Waals surface area contributed by atoms with Gasteiger partial charge in [0.05, 0.1) is 30.7 Å². The highest BCUT2D eigenvalue weighted by molar-refractivity contribution is 5.76. The molecule has 2 aromatic heterocycles. The van der Waals surface area contributed by atoms with Crippen molar-refractivity contribution in [3.05, 3.63) is 53.9 Å². The topological polar surface area (TPSA) is 116 Å². The van der Waals surface area contributed by atoms with Crippen molar-refractivity contribution in [1.29, 1.82) is 5.26 Å². The first-order valence-corrected chi connectivity index (χ1v) is 9.11. The van der Waals surface area contributed by atoms with Gasteiger partial charge in [-0.15, -0.1) is 0 Å². The lowest BCUT2D eigenvalue weighted by atomic mass is 9.83. The number of benzene rings is 1. The number of pyridine rings is 1. The highest BCUT2D eigenvalue weighted by Crippen LogP contribution is 2.41.